The van der Waals surface area contributed by atoms with E-state index in [0.29, 0.717) is 6.54 Å². The van der Waals surface area contributed by atoms with Gasteiger partial charge in [-0.1, -0.05) is 12.8 Å². The molecule has 104 valence electrons. The van der Waals surface area contributed by atoms with E-state index in [1.807, 2.05) is 0 Å². The van der Waals surface area contributed by atoms with E-state index in [1.165, 1.54) is 6.92 Å². The first kappa shape index (κ1) is 14.9. The van der Waals surface area contributed by atoms with Gasteiger partial charge < -0.3 is 20.8 Å². The molecule has 1 saturated carbocycles. The summed E-state index contributed by atoms with van der Waals surface area (Å²) in [7, 11) is 0. The molecule has 3 atom stereocenters. The quantitative estimate of drug-likeness (QED) is 0.525. The van der Waals surface area contributed by atoms with Crippen LogP contribution in [0, 0.1) is 5.92 Å². The predicted octanol–water partition coefficient (Wildman–Crippen LogP) is -0.284. The van der Waals surface area contributed by atoms with Gasteiger partial charge in [0.05, 0.1) is 6.10 Å². The molecule has 4 N–H and O–H groups in total. The maximum absolute atomic E-state index is 10.9. The van der Waals surface area contributed by atoms with Crippen molar-refractivity contribution in [2.24, 2.45) is 5.92 Å². The molecule has 1 rings (SSSR count). The number of amides is 1. The molecule has 3 unspecified atom stereocenters. The summed E-state index contributed by atoms with van der Waals surface area (Å²) in [4.78, 5) is 21.7. The monoisotopic (exact) mass is 258 g/mol. The van der Waals surface area contributed by atoms with E-state index in [-0.39, 0.29) is 24.5 Å². The minimum atomic E-state index is -1.05. The highest BCUT2D eigenvalue weighted by Crippen LogP contribution is 2.23. The van der Waals surface area contributed by atoms with Crippen LogP contribution in [-0.2, 0) is 9.59 Å². The fraction of sp³-hybridized carbons (Fsp3) is 0.833. The number of carbonyl (C=O) groups excluding carboxylic acids is 1. The van der Waals surface area contributed by atoms with Gasteiger partial charge in [0.2, 0.25) is 5.91 Å². The molecule has 0 heterocycles. The molecular weight excluding hydrogens is 236 g/mol. The lowest BCUT2D eigenvalue weighted by Gasteiger charge is -2.28. The maximum atomic E-state index is 10.9. The lowest BCUT2D eigenvalue weighted by molar-refractivity contribution is -0.141. The highest BCUT2D eigenvalue weighted by molar-refractivity contribution is 5.82. The predicted molar refractivity (Wildman–Crippen MR) is 66.1 cm³/mol. The van der Waals surface area contributed by atoms with Crippen molar-refractivity contribution in [1.82, 2.24) is 10.6 Å². The number of hydrogen-bond donors (Lipinski definition) is 4. The second-order valence-electron chi connectivity index (χ2n) is 4.86. The molecule has 1 aliphatic carbocycles. The van der Waals surface area contributed by atoms with Gasteiger partial charge in [-0.2, -0.15) is 0 Å². The van der Waals surface area contributed by atoms with Crippen molar-refractivity contribution in [3.63, 3.8) is 0 Å². The van der Waals surface area contributed by atoms with Crippen LogP contribution in [0.2, 0.25) is 0 Å². The molecule has 0 aromatic rings. The van der Waals surface area contributed by atoms with Crippen molar-refractivity contribution in [1.29, 1.82) is 0 Å². The number of aliphatic hydroxyl groups is 1. The zero-order valence-corrected chi connectivity index (χ0v) is 10.7. The number of carboxylic acids is 1. The van der Waals surface area contributed by atoms with Crippen LogP contribution in [0.15, 0.2) is 0 Å². The molecule has 0 aromatic carbocycles. The van der Waals surface area contributed by atoms with Crippen LogP contribution in [0.3, 0.4) is 0 Å². The highest BCUT2D eigenvalue weighted by atomic mass is 16.4. The molecule has 0 radical (unpaired) electrons. The molecule has 1 fully saturated rings. The van der Waals surface area contributed by atoms with Crippen LogP contribution in [0.1, 0.15) is 32.6 Å². The van der Waals surface area contributed by atoms with Gasteiger partial charge in [-0.3, -0.25) is 4.79 Å². The van der Waals surface area contributed by atoms with Gasteiger partial charge >= 0.3 is 5.97 Å². The maximum Gasteiger partial charge on any atom is 0.327 e. The lowest BCUT2D eigenvalue weighted by atomic mass is 9.86. The zero-order chi connectivity index (χ0) is 13.5. The number of nitrogens with one attached hydrogen (secondary N) is 2. The van der Waals surface area contributed by atoms with Gasteiger partial charge in [0.15, 0.2) is 0 Å². The van der Waals surface area contributed by atoms with E-state index in [1.54, 1.807) is 0 Å². The van der Waals surface area contributed by atoms with Crippen molar-refractivity contribution in [2.45, 2.75) is 44.8 Å². The third-order valence-corrected chi connectivity index (χ3v) is 3.30. The van der Waals surface area contributed by atoms with Crippen molar-refractivity contribution in [3.05, 3.63) is 0 Å². The number of aliphatic carboxylic acids is 1. The van der Waals surface area contributed by atoms with Crippen LogP contribution in [0.5, 0.6) is 0 Å². The van der Waals surface area contributed by atoms with Gasteiger partial charge in [-0.25, -0.2) is 4.79 Å². The first-order valence-corrected chi connectivity index (χ1v) is 6.39. The third kappa shape index (κ3) is 5.01. The molecule has 0 spiro atoms. The van der Waals surface area contributed by atoms with Crippen LogP contribution >= 0.6 is 0 Å². The van der Waals surface area contributed by atoms with Crippen LogP contribution in [-0.4, -0.2) is 47.3 Å². The van der Waals surface area contributed by atoms with Gasteiger partial charge in [-0.05, 0) is 18.8 Å². The Morgan fingerprint density at radius 1 is 1.33 bits per heavy atom. The molecule has 6 nitrogen and oxygen atoms in total. The van der Waals surface area contributed by atoms with Gasteiger partial charge in [0.1, 0.15) is 6.04 Å². The molecule has 18 heavy (non-hydrogen) atoms. The lowest BCUT2D eigenvalue weighted by Crippen LogP contribution is -2.48. The van der Waals surface area contributed by atoms with Crippen LogP contribution in [0.25, 0.3) is 0 Å². The molecule has 1 amide bonds. The Labute approximate surface area is 107 Å². The molecule has 0 aromatic heterocycles. The normalized spacial score (nSPS) is 25.4. The fourth-order valence-electron chi connectivity index (χ4n) is 2.28. The minimum absolute atomic E-state index is 0.179. The second-order valence-corrected chi connectivity index (χ2v) is 4.86. The smallest absolute Gasteiger partial charge is 0.327 e. The van der Waals surface area contributed by atoms with Gasteiger partial charge in [-0.15, -0.1) is 0 Å². The first-order chi connectivity index (χ1) is 8.50. The summed E-state index contributed by atoms with van der Waals surface area (Å²) in [6, 6.07) is -0.914. The molecule has 6 heteroatoms. The average Bonchev–Trinajstić information content (AvgIpc) is 2.29. The van der Waals surface area contributed by atoms with Crippen molar-refractivity contribution in [3.8, 4) is 0 Å². The number of aliphatic hydroxyl groups excluding tert-OH is 1. The topological polar surface area (TPSA) is 98.7 Å². The number of carboxylic acid groups (broad SMARTS) is 1. The summed E-state index contributed by atoms with van der Waals surface area (Å²) < 4.78 is 0. The second kappa shape index (κ2) is 7.33. The van der Waals surface area contributed by atoms with Crippen LogP contribution < -0.4 is 10.6 Å². The largest absolute Gasteiger partial charge is 0.480 e. The molecular formula is C12H22N2O4. The Hall–Kier alpha value is -1.14. The summed E-state index contributed by atoms with van der Waals surface area (Å²) in [5.74, 6) is -1.23. The van der Waals surface area contributed by atoms with E-state index < -0.39 is 12.0 Å². The Bertz CT molecular complexity index is 296. The van der Waals surface area contributed by atoms with Gasteiger partial charge in [0.25, 0.3) is 0 Å². The Balaban J connectivity index is 2.29. The Morgan fingerprint density at radius 3 is 2.56 bits per heavy atom. The van der Waals surface area contributed by atoms with Crippen molar-refractivity contribution >= 4 is 11.9 Å². The number of hydrogen-bond acceptors (Lipinski definition) is 4. The zero-order valence-electron chi connectivity index (χ0n) is 10.7. The number of rotatable bonds is 6. The summed E-state index contributed by atoms with van der Waals surface area (Å²) in [5.41, 5.74) is 0. The van der Waals surface area contributed by atoms with E-state index in [2.05, 4.69) is 10.6 Å². The first-order valence-electron chi connectivity index (χ1n) is 6.39. The van der Waals surface area contributed by atoms with E-state index >= 15 is 0 Å². The molecule has 0 saturated heterocycles. The standard InChI is InChI=1S/C12H22N2O4/c1-8(15)14-10(12(17)18)7-13-6-9-4-2-3-5-11(9)16/h9-11,13,16H,2-7H2,1H3,(H,14,15)(H,17,18). The highest BCUT2D eigenvalue weighted by Gasteiger charge is 2.24. The van der Waals surface area contributed by atoms with Crippen LogP contribution in [0.4, 0.5) is 0 Å². The van der Waals surface area contributed by atoms with E-state index in [9.17, 15) is 14.7 Å². The van der Waals surface area contributed by atoms with Crippen molar-refractivity contribution < 1.29 is 19.8 Å². The van der Waals surface area contributed by atoms with Gasteiger partial charge in [0, 0.05) is 20.0 Å². The Kier molecular flexibility index (Phi) is 6.07. The SMILES string of the molecule is CC(=O)NC(CNCC1CCCCC1O)C(=O)O. The summed E-state index contributed by atoms with van der Waals surface area (Å²) >= 11 is 0. The van der Waals surface area contributed by atoms with E-state index in [4.69, 9.17) is 5.11 Å². The fourth-order valence-corrected chi connectivity index (χ4v) is 2.28. The van der Waals surface area contributed by atoms with Crippen molar-refractivity contribution in [2.75, 3.05) is 13.1 Å². The summed E-state index contributed by atoms with van der Waals surface area (Å²) in [6.07, 6.45) is 3.65. The average molecular weight is 258 g/mol. The Morgan fingerprint density at radius 2 is 2.00 bits per heavy atom. The number of carbonyl (C=O) groups is 2. The minimum Gasteiger partial charge on any atom is -0.480 e. The summed E-state index contributed by atoms with van der Waals surface area (Å²) in [6.45, 7) is 2.06. The molecule has 1 aliphatic rings. The third-order valence-electron chi connectivity index (χ3n) is 3.30. The molecule has 0 aliphatic heterocycles. The molecule has 0 bridgehead atoms. The summed E-state index contributed by atoms with van der Waals surface area (Å²) in [5, 5.41) is 24.1. The van der Waals surface area contributed by atoms with E-state index in [0.717, 1.165) is 25.7 Å².